The molecule has 0 unspecified atom stereocenters. The highest BCUT2D eigenvalue weighted by atomic mass is 16.1. The summed E-state index contributed by atoms with van der Waals surface area (Å²) in [4.78, 5) is 15.8. The van der Waals surface area contributed by atoms with Crippen LogP contribution >= 0.6 is 0 Å². The summed E-state index contributed by atoms with van der Waals surface area (Å²) in [6, 6.07) is 5.19. The lowest BCUT2D eigenvalue weighted by atomic mass is 9.89. The van der Waals surface area contributed by atoms with Crippen LogP contribution in [-0.4, -0.2) is 17.4 Å². The monoisotopic (exact) mass is 243 g/mol. The van der Waals surface area contributed by atoms with Crippen molar-refractivity contribution in [3.63, 3.8) is 0 Å². The molecule has 1 N–H and O–H groups in total. The van der Waals surface area contributed by atoms with Crippen LogP contribution < -0.4 is 5.32 Å². The molecule has 0 spiro atoms. The summed E-state index contributed by atoms with van der Waals surface area (Å²) in [5.74, 6) is 0.464. The van der Waals surface area contributed by atoms with Gasteiger partial charge in [0, 0.05) is 12.7 Å². The van der Waals surface area contributed by atoms with Crippen molar-refractivity contribution < 1.29 is 4.79 Å². The van der Waals surface area contributed by atoms with Crippen LogP contribution in [0.3, 0.4) is 0 Å². The molecule has 94 valence electrons. The maximum Gasteiger partial charge on any atom is 0.269 e. The topological polar surface area (TPSA) is 65.8 Å². The Morgan fingerprint density at radius 1 is 1.39 bits per heavy atom. The van der Waals surface area contributed by atoms with Gasteiger partial charge in [0.1, 0.15) is 11.8 Å². The molecule has 1 aromatic heterocycles. The zero-order chi connectivity index (χ0) is 12.8. The number of nitrogens with zero attached hydrogens (tertiary/aromatic N) is 2. The van der Waals surface area contributed by atoms with E-state index in [9.17, 15) is 4.79 Å². The molecule has 0 aliphatic heterocycles. The summed E-state index contributed by atoms with van der Waals surface area (Å²) in [7, 11) is 0. The lowest BCUT2D eigenvalue weighted by Gasteiger charge is -2.21. The molecular formula is C14H17N3O. The van der Waals surface area contributed by atoms with Crippen molar-refractivity contribution in [2.75, 3.05) is 6.54 Å². The minimum atomic E-state index is -0.148. The lowest BCUT2D eigenvalue weighted by molar-refractivity contribution is 0.0938. The van der Waals surface area contributed by atoms with Gasteiger partial charge in [-0.15, -0.1) is 0 Å². The highest BCUT2D eigenvalue weighted by Crippen LogP contribution is 2.22. The zero-order valence-electron chi connectivity index (χ0n) is 10.4. The first-order valence-electron chi connectivity index (χ1n) is 6.44. The summed E-state index contributed by atoms with van der Waals surface area (Å²) in [6.07, 6.45) is 7.71. The minimum absolute atomic E-state index is 0.148. The van der Waals surface area contributed by atoms with E-state index in [0.717, 1.165) is 6.54 Å². The zero-order valence-corrected chi connectivity index (χ0v) is 10.4. The Hall–Kier alpha value is -1.89. The van der Waals surface area contributed by atoms with Crippen molar-refractivity contribution >= 4 is 5.91 Å². The van der Waals surface area contributed by atoms with E-state index >= 15 is 0 Å². The third kappa shape index (κ3) is 3.30. The van der Waals surface area contributed by atoms with E-state index in [0.29, 0.717) is 17.2 Å². The van der Waals surface area contributed by atoms with Crippen molar-refractivity contribution in [1.29, 1.82) is 5.26 Å². The van der Waals surface area contributed by atoms with Gasteiger partial charge in [0.2, 0.25) is 0 Å². The molecule has 1 aliphatic carbocycles. The Morgan fingerprint density at radius 3 is 2.78 bits per heavy atom. The standard InChI is InChI=1S/C14H17N3O/c15-8-12-6-7-13(16-10-12)14(18)17-9-11-4-2-1-3-5-11/h6-7,10-11H,1-5,9H2,(H,17,18). The van der Waals surface area contributed by atoms with Gasteiger partial charge in [0.25, 0.3) is 5.91 Å². The van der Waals surface area contributed by atoms with E-state index in [1.165, 1.54) is 38.3 Å². The first kappa shape index (κ1) is 12.6. The smallest absolute Gasteiger partial charge is 0.269 e. The van der Waals surface area contributed by atoms with E-state index in [2.05, 4.69) is 10.3 Å². The van der Waals surface area contributed by atoms with E-state index in [1.54, 1.807) is 12.1 Å². The number of nitrogens with one attached hydrogen (secondary N) is 1. The SMILES string of the molecule is N#Cc1ccc(C(=O)NCC2CCCCC2)nc1. The summed E-state index contributed by atoms with van der Waals surface area (Å²) in [5.41, 5.74) is 0.851. The molecule has 1 aromatic rings. The summed E-state index contributed by atoms with van der Waals surface area (Å²) < 4.78 is 0. The number of carbonyl (C=O) groups is 1. The fraction of sp³-hybridized carbons (Fsp3) is 0.500. The molecule has 1 fully saturated rings. The van der Waals surface area contributed by atoms with Gasteiger partial charge in [-0.1, -0.05) is 19.3 Å². The van der Waals surface area contributed by atoms with Crippen LogP contribution in [-0.2, 0) is 0 Å². The van der Waals surface area contributed by atoms with E-state index in [4.69, 9.17) is 5.26 Å². The maximum absolute atomic E-state index is 11.8. The predicted octanol–water partition coefficient (Wildman–Crippen LogP) is 2.26. The van der Waals surface area contributed by atoms with Crippen molar-refractivity contribution in [3.8, 4) is 6.07 Å². The van der Waals surface area contributed by atoms with Gasteiger partial charge in [-0.2, -0.15) is 5.26 Å². The van der Waals surface area contributed by atoms with Crippen molar-refractivity contribution in [2.45, 2.75) is 32.1 Å². The molecular weight excluding hydrogens is 226 g/mol. The number of nitriles is 1. The highest BCUT2D eigenvalue weighted by Gasteiger charge is 2.15. The predicted molar refractivity (Wildman–Crippen MR) is 67.9 cm³/mol. The molecule has 4 heteroatoms. The van der Waals surface area contributed by atoms with Crippen LogP contribution in [0.1, 0.15) is 48.2 Å². The third-order valence-electron chi connectivity index (χ3n) is 3.40. The quantitative estimate of drug-likeness (QED) is 0.885. The summed E-state index contributed by atoms with van der Waals surface area (Å²) >= 11 is 0. The van der Waals surface area contributed by atoms with Crippen molar-refractivity contribution in [3.05, 3.63) is 29.6 Å². The molecule has 0 bridgehead atoms. The number of hydrogen-bond donors (Lipinski definition) is 1. The van der Waals surface area contributed by atoms with Gasteiger partial charge >= 0.3 is 0 Å². The molecule has 0 atom stereocenters. The Morgan fingerprint density at radius 2 is 2.17 bits per heavy atom. The second kappa shape index (κ2) is 6.15. The summed E-state index contributed by atoms with van der Waals surface area (Å²) in [6.45, 7) is 0.737. The van der Waals surface area contributed by atoms with Crippen LogP contribution in [0.5, 0.6) is 0 Å². The van der Waals surface area contributed by atoms with Crippen molar-refractivity contribution in [2.24, 2.45) is 5.92 Å². The van der Waals surface area contributed by atoms with Crippen LogP contribution in [0.15, 0.2) is 18.3 Å². The van der Waals surface area contributed by atoms with E-state index < -0.39 is 0 Å². The molecule has 4 nitrogen and oxygen atoms in total. The van der Waals surface area contributed by atoms with E-state index in [1.807, 2.05) is 6.07 Å². The second-order valence-corrected chi connectivity index (χ2v) is 4.76. The Kier molecular flexibility index (Phi) is 4.30. The van der Waals surface area contributed by atoms with E-state index in [-0.39, 0.29) is 5.91 Å². The normalized spacial score (nSPS) is 15.9. The fourth-order valence-corrected chi connectivity index (χ4v) is 2.31. The molecule has 18 heavy (non-hydrogen) atoms. The fourth-order valence-electron chi connectivity index (χ4n) is 2.31. The number of rotatable bonds is 3. The molecule has 0 radical (unpaired) electrons. The van der Waals surface area contributed by atoms with Gasteiger partial charge in [0.05, 0.1) is 5.56 Å². The third-order valence-corrected chi connectivity index (χ3v) is 3.40. The molecule has 0 aromatic carbocycles. The Labute approximate surface area is 107 Å². The number of pyridine rings is 1. The van der Waals surface area contributed by atoms with Crippen LogP contribution in [0, 0.1) is 17.2 Å². The Bertz CT molecular complexity index is 441. The number of carbonyl (C=O) groups excluding carboxylic acids is 1. The highest BCUT2D eigenvalue weighted by molar-refractivity contribution is 5.92. The largest absolute Gasteiger partial charge is 0.350 e. The minimum Gasteiger partial charge on any atom is -0.350 e. The molecule has 1 amide bonds. The Balaban J connectivity index is 1.85. The first-order valence-corrected chi connectivity index (χ1v) is 6.44. The summed E-state index contributed by atoms with van der Waals surface area (Å²) in [5, 5.41) is 11.6. The van der Waals surface area contributed by atoms with Crippen molar-refractivity contribution in [1.82, 2.24) is 10.3 Å². The lowest BCUT2D eigenvalue weighted by Crippen LogP contribution is -2.30. The average molecular weight is 243 g/mol. The van der Waals surface area contributed by atoms with Gasteiger partial charge in [-0.3, -0.25) is 4.79 Å². The van der Waals surface area contributed by atoms with Crippen LogP contribution in [0.2, 0.25) is 0 Å². The first-order chi connectivity index (χ1) is 8.79. The molecule has 1 heterocycles. The molecule has 2 rings (SSSR count). The number of aromatic nitrogens is 1. The second-order valence-electron chi connectivity index (χ2n) is 4.76. The number of amides is 1. The van der Waals surface area contributed by atoms with Crippen LogP contribution in [0.4, 0.5) is 0 Å². The average Bonchev–Trinajstić information content (AvgIpc) is 2.46. The van der Waals surface area contributed by atoms with Gasteiger partial charge in [0.15, 0.2) is 0 Å². The van der Waals surface area contributed by atoms with Gasteiger partial charge in [-0.05, 0) is 30.9 Å². The van der Waals surface area contributed by atoms with Gasteiger partial charge in [-0.25, -0.2) is 4.98 Å². The molecule has 1 aliphatic rings. The van der Waals surface area contributed by atoms with Gasteiger partial charge < -0.3 is 5.32 Å². The molecule has 0 saturated heterocycles. The molecule has 1 saturated carbocycles. The van der Waals surface area contributed by atoms with Crippen LogP contribution in [0.25, 0.3) is 0 Å². The maximum atomic E-state index is 11.8. The number of hydrogen-bond acceptors (Lipinski definition) is 3.